The van der Waals surface area contributed by atoms with Gasteiger partial charge in [-0.1, -0.05) is 36.8 Å². The summed E-state index contributed by atoms with van der Waals surface area (Å²) in [6.07, 6.45) is 9.08. The van der Waals surface area contributed by atoms with Crippen LogP contribution in [0.4, 0.5) is 0 Å². The van der Waals surface area contributed by atoms with E-state index in [0.29, 0.717) is 17.1 Å². The number of hydrogen-bond donors (Lipinski definition) is 2. The maximum absolute atomic E-state index is 12.0. The highest BCUT2D eigenvalue weighted by molar-refractivity contribution is 7.71. The molecule has 0 amide bonds. The quantitative estimate of drug-likeness (QED) is 0.612. The predicted molar refractivity (Wildman–Crippen MR) is 97.0 cm³/mol. The first kappa shape index (κ1) is 17.2. The Labute approximate surface area is 144 Å². The predicted octanol–water partition coefficient (Wildman–Crippen LogP) is 4.62. The van der Waals surface area contributed by atoms with Crippen molar-refractivity contribution < 1.29 is 5.11 Å². The van der Waals surface area contributed by atoms with Gasteiger partial charge in [-0.2, -0.15) is 0 Å². The van der Waals surface area contributed by atoms with Gasteiger partial charge in [0, 0.05) is 5.02 Å². The van der Waals surface area contributed by atoms with Gasteiger partial charge in [0.25, 0.3) is 5.56 Å². The zero-order valence-corrected chi connectivity index (χ0v) is 14.2. The van der Waals surface area contributed by atoms with Crippen molar-refractivity contribution >= 4 is 29.9 Å². The summed E-state index contributed by atoms with van der Waals surface area (Å²) in [7, 11) is 0. The Morgan fingerprint density at radius 1 is 1.26 bits per heavy atom. The smallest absolute Gasteiger partial charge is 0.262 e. The van der Waals surface area contributed by atoms with E-state index in [0.717, 1.165) is 6.42 Å². The minimum Gasteiger partial charge on any atom is -0.494 e. The van der Waals surface area contributed by atoms with Gasteiger partial charge in [0.05, 0.1) is 11.3 Å². The zero-order chi connectivity index (χ0) is 16.8. The minimum absolute atomic E-state index is 0.123. The molecule has 0 saturated carbocycles. The SMILES string of the molecule is CCC=CCC=Cc1c(O)n(-c2ccc(Cl)cc2)c(=S)[nH]c1=O. The lowest BCUT2D eigenvalue weighted by atomic mass is 10.2. The van der Waals surface area contributed by atoms with Crippen LogP contribution in [0.5, 0.6) is 5.88 Å². The highest BCUT2D eigenvalue weighted by atomic mass is 35.5. The van der Waals surface area contributed by atoms with Gasteiger partial charge in [-0.15, -0.1) is 0 Å². The molecule has 120 valence electrons. The second kappa shape index (κ2) is 7.94. The fraction of sp³-hybridized carbons (Fsp3) is 0.176. The summed E-state index contributed by atoms with van der Waals surface area (Å²) in [5.74, 6) is -0.197. The molecule has 0 aliphatic carbocycles. The van der Waals surface area contributed by atoms with Gasteiger partial charge in [0.1, 0.15) is 0 Å². The zero-order valence-electron chi connectivity index (χ0n) is 12.6. The molecule has 0 spiro atoms. The molecule has 1 heterocycles. The van der Waals surface area contributed by atoms with Crippen molar-refractivity contribution in [3.63, 3.8) is 0 Å². The normalized spacial score (nSPS) is 11.6. The topological polar surface area (TPSA) is 58.0 Å². The van der Waals surface area contributed by atoms with Crippen LogP contribution in [0, 0.1) is 4.77 Å². The Balaban J connectivity index is 2.47. The third-order valence-corrected chi connectivity index (χ3v) is 3.70. The summed E-state index contributed by atoms with van der Waals surface area (Å²) in [5, 5.41) is 11.0. The second-order valence-electron chi connectivity index (χ2n) is 4.83. The molecular weight excluding hydrogens is 332 g/mol. The number of hydrogen-bond acceptors (Lipinski definition) is 3. The summed E-state index contributed by atoms with van der Waals surface area (Å²) in [6, 6.07) is 6.81. The van der Waals surface area contributed by atoms with E-state index >= 15 is 0 Å². The van der Waals surface area contributed by atoms with Crippen molar-refractivity contribution in [2.75, 3.05) is 0 Å². The van der Waals surface area contributed by atoms with Crippen LogP contribution in [-0.4, -0.2) is 14.7 Å². The number of halogens is 1. The molecule has 2 rings (SSSR count). The molecule has 0 unspecified atom stereocenters. The number of rotatable bonds is 5. The summed E-state index contributed by atoms with van der Waals surface area (Å²) < 4.78 is 1.52. The molecule has 2 aromatic rings. The van der Waals surface area contributed by atoms with Crippen molar-refractivity contribution in [3.8, 4) is 11.6 Å². The van der Waals surface area contributed by atoms with E-state index in [1.54, 1.807) is 30.3 Å². The van der Waals surface area contributed by atoms with Crippen molar-refractivity contribution in [1.29, 1.82) is 0 Å². The second-order valence-corrected chi connectivity index (χ2v) is 5.65. The van der Waals surface area contributed by atoms with E-state index in [9.17, 15) is 9.90 Å². The fourth-order valence-electron chi connectivity index (χ4n) is 2.05. The molecule has 4 nitrogen and oxygen atoms in total. The lowest BCUT2D eigenvalue weighted by molar-refractivity contribution is 0.432. The summed E-state index contributed by atoms with van der Waals surface area (Å²) in [4.78, 5) is 14.6. The van der Waals surface area contributed by atoms with Crippen LogP contribution >= 0.6 is 23.8 Å². The molecule has 6 heteroatoms. The summed E-state index contributed by atoms with van der Waals surface area (Å²) >= 11 is 11.0. The van der Waals surface area contributed by atoms with Crippen LogP contribution in [0.3, 0.4) is 0 Å². The van der Waals surface area contributed by atoms with Crippen LogP contribution in [0.25, 0.3) is 11.8 Å². The lowest BCUT2D eigenvalue weighted by Crippen LogP contribution is -2.15. The molecule has 0 radical (unpaired) electrons. The van der Waals surface area contributed by atoms with Gasteiger partial charge in [0.2, 0.25) is 5.88 Å². The third kappa shape index (κ3) is 4.21. The monoisotopic (exact) mass is 348 g/mol. The Bertz CT molecular complexity index is 848. The van der Waals surface area contributed by atoms with Crippen molar-refractivity contribution in [1.82, 2.24) is 9.55 Å². The number of nitrogens with zero attached hydrogens (tertiary/aromatic N) is 1. The molecule has 1 aromatic carbocycles. The first-order chi connectivity index (χ1) is 11.0. The minimum atomic E-state index is -0.423. The Kier molecular flexibility index (Phi) is 5.96. The maximum Gasteiger partial charge on any atom is 0.262 e. The third-order valence-electron chi connectivity index (χ3n) is 3.16. The molecule has 0 atom stereocenters. The summed E-state index contributed by atoms with van der Waals surface area (Å²) in [6.45, 7) is 2.05. The molecule has 23 heavy (non-hydrogen) atoms. The first-order valence-corrected chi connectivity index (χ1v) is 7.99. The van der Waals surface area contributed by atoms with Gasteiger partial charge in [-0.25, -0.2) is 0 Å². The van der Waals surface area contributed by atoms with E-state index in [4.69, 9.17) is 23.8 Å². The highest BCUT2D eigenvalue weighted by Gasteiger charge is 2.11. The average Bonchev–Trinajstić information content (AvgIpc) is 2.51. The number of aromatic nitrogens is 2. The Hall–Kier alpha value is -2.11. The number of nitrogens with one attached hydrogen (secondary N) is 1. The molecule has 0 aliphatic rings. The largest absolute Gasteiger partial charge is 0.494 e. The molecule has 2 N–H and O–H groups in total. The van der Waals surface area contributed by atoms with Crippen LogP contribution in [0.1, 0.15) is 25.3 Å². The maximum atomic E-state index is 12.0. The van der Waals surface area contributed by atoms with Gasteiger partial charge in [-0.05, 0) is 55.4 Å². The van der Waals surface area contributed by atoms with Crippen molar-refractivity contribution in [2.24, 2.45) is 0 Å². The van der Waals surface area contributed by atoms with E-state index in [-0.39, 0.29) is 16.2 Å². The average molecular weight is 349 g/mol. The van der Waals surface area contributed by atoms with Gasteiger partial charge >= 0.3 is 0 Å². The molecule has 0 aliphatic heterocycles. The lowest BCUT2D eigenvalue weighted by Gasteiger charge is -2.11. The number of allylic oxidation sites excluding steroid dienone is 3. The van der Waals surface area contributed by atoms with Crippen LogP contribution in [0.2, 0.25) is 5.02 Å². The van der Waals surface area contributed by atoms with E-state index in [1.165, 1.54) is 4.57 Å². The van der Waals surface area contributed by atoms with Gasteiger partial charge < -0.3 is 5.11 Å². The van der Waals surface area contributed by atoms with Crippen molar-refractivity contribution in [2.45, 2.75) is 19.8 Å². The highest BCUT2D eigenvalue weighted by Crippen LogP contribution is 2.22. The summed E-state index contributed by atoms with van der Waals surface area (Å²) in [5.41, 5.74) is 0.362. The molecule has 0 bridgehead atoms. The van der Waals surface area contributed by atoms with Crippen LogP contribution in [0.15, 0.2) is 47.3 Å². The van der Waals surface area contributed by atoms with E-state index in [2.05, 4.69) is 4.98 Å². The van der Waals surface area contributed by atoms with Crippen molar-refractivity contribution in [3.05, 3.63) is 68.2 Å². The number of aromatic amines is 1. The van der Waals surface area contributed by atoms with Gasteiger partial charge in [-0.3, -0.25) is 14.3 Å². The number of aromatic hydroxyl groups is 1. The van der Waals surface area contributed by atoms with Crippen LogP contribution < -0.4 is 5.56 Å². The fourth-order valence-corrected chi connectivity index (χ4v) is 2.46. The number of benzene rings is 1. The number of H-pyrrole nitrogens is 1. The molecule has 0 saturated heterocycles. The molecule has 0 fully saturated rings. The Morgan fingerprint density at radius 3 is 2.61 bits per heavy atom. The first-order valence-electron chi connectivity index (χ1n) is 7.20. The molecule has 1 aromatic heterocycles. The van der Waals surface area contributed by atoms with Crippen LogP contribution in [-0.2, 0) is 0 Å². The van der Waals surface area contributed by atoms with E-state index in [1.807, 2.05) is 25.2 Å². The standard InChI is InChI=1S/C17H17ClN2O2S/c1-2-3-4-5-6-7-14-15(21)19-17(23)20(16(14)22)13-10-8-12(18)9-11-13/h3-4,6-11,22H,2,5H2,1H3,(H,19,21,23). The molecular formula is C17H17ClN2O2S. The van der Waals surface area contributed by atoms with Gasteiger partial charge in [0.15, 0.2) is 4.77 Å². The Morgan fingerprint density at radius 2 is 1.96 bits per heavy atom. The van der Waals surface area contributed by atoms with E-state index < -0.39 is 5.56 Å².